The van der Waals surface area contributed by atoms with Gasteiger partial charge in [0.05, 0.1) is 6.54 Å². The van der Waals surface area contributed by atoms with Gasteiger partial charge in [-0.05, 0) is 11.1 Å². The number of carboxylic acids is 1. The van der Waals surface area contributed by atoms with Crippen molar-refractivity contribution in [3.8, 4) is 0 Å². The molecule has 0 spiro atoms. The van der Waals surface area contributed by atoms with Crippen LogP contribution in [-0.4, -0.2) is 56.9 Å². The smallest absolute Gasteiger partial charge is 0.410 e. The highest BCUT2D eigenvalue weighted by atomic mass is 16.6. The first-order chi connectivity index (χ1) is 11.0. The third kappa shape index (κ3) is 2.92. The standard InChI is InChI=1S/C15H16N2O6/c18-13(19)12-5-11(8-17(12)14(20)21)23-15(22)16-6-9-3-1-2-4-10(9)7-16/h1-4,11-12H,5-8H2,(H,18,19)(H,20,21). The van der Waals surface area contributed by atoms with Crippen molar-refractivity contribution in [3.05, 3.63) is 35.4 Å². The van der Waals surface area contributed by atoms with Gasteiger partial charge in [0.1, 0.15) is 12.1 Å². The van der Waals surface area contributed by atoms with Gasteiger partial charge in [-0.1, -0.05) is 24.3 Å². The minimum Gasteiger partial charge on any atom is -0.480 e. The molecule has 2 atom stereocenters. The van der Waals surface area contributed by atoms with Gasteiger partial charge < -0.3 is 14.9 Å². The van der Waals surface area contributed by atoms with Crippen molar-refractivity contribution in [2.75, 3.05) is 6.54 Å². The summed E-state index contributed by atoms with van der Waals surface area (Å²) >= 11 is 0. The second kappa shape index (κ2) is 5.79. The number of ether oxygens (including phenoxy) is 1. The van der Waals surface area contributed by atoms with Gasteiger partial charge in [0, 0.05) is 19.5 Å². The molecule has 2 amide bonds. The van der Waals surface area contributed by atoms with Crippen LogP contribution in [0.25, 0.3) is 0 Å². The van der Waals surface area contributed by atoms with Crippen molar-refractivity contribution in [2.24, 2.45) is 0 Å². The van der Waals surface area contributed by atoms with Crippen molar-refractivity contribution in [3.63, 3.8) is 0 Å². The molecule has 1 saturated heterocycles. The maximum absolute atomic E-state index is 12.2. The number of hydrogen-bond acceptors (Lipinski definition) is 4. The van der Waals surface area contributed by atoms with Crippen LogP contribution in [-0.2, 0) is 22.6 Å². The van der Waals surface area contributed by atoms with Crippen LogP contribution in [0.5, 0.6) is 0 Å². The molecule has 2 heterocycles. The van der Waals surface area contributed by atoms with Gasteiger partial charge in [0.2, 0.25) is 0 Å². The molecule has 2 unspecified atom stereocenters. The Labute approximate surface area is 131 Å². The Hall–Kier alpha value is -2.77. The number of carboxylic acid groups (broad SMARTS) is 2. The van der Waals surface area contributed by atoms with Crippen molar-refractivity contribution < 1.29 is 29.3 Å². The van der Waals surface area contributed by atoms with E-state index in [4.69, 9.17) is 14.9 Å². The van der Waals surface area contributed by atoms with E-state index in [0.717, 1.165) is 16.0 Å². The summed E-state index contributed by atoms with van der Waals surface area (Å²) in [7, 11) is 0. The van der Waals surface area contributed by atoms with Gasteiger partial charge >= 0.3 is 18.2 Å². The summed E-state index contributed by atoms with van der Waals surface area (Å²) in [4.78, 5) is 36.7. The second-order valence-corrected chi connectivity index (χ2v) is 5.66. The van der Waals surface area contributed by atoms with Crippen LogP contribution in [0.4, 0.5) is 9.59 Å². The van der Waals surface area contributed by atoms with Crippen LogP contribution in [0.3, 0.4) is 0 Å². The van der Waals surface area contributed by atoms with E-state index in [2.05, 4.69) is 0 Å². The van der Waals surface area contributed by atoms with Gasteiger partial charge in [-0.15, -0.1) is 0 Å². The maximum atomic E-state index is 12.2. The molecule has 122 valence electrons. The molecule has 0 aliphatic carbocycles. The summed E-state index contributed by atoms with van der Waals surface area (Å²) < 4.78 is 5.31. The van der Waals surface area contributed by atoms with E-state index >= 15 is 0 Å². The lowest BCUT2D eigenvalue weighted by Gasteiger charge is -2.19. The zero-order valence-corrected chi connectivity index (χ0v) is 12.2. The van der Waals surface area contributed by atoms with Gasteiger partial charge in [-0.2, -0.15) is 0 Å². The number of amides is 2. The first-order valence-corrected chi connectivity index (χ1v) is 7.20. The van der Waals surface area contributed by atoms with E-state index in [9.17, 15) is 14.4 Å². The summed E-state index contributed by atoms with van der Waals surface area (Å²) in [6, 6.07) is 6.48. The second-order valence-electron chi connectivity index (χ2n) is 5.66. The molecular formula is C15H16N2O6. The summed E-state index contributed by atoms with van der Waals surface area (Å²) in [5.74, 6) is -1.24. The number of benzene rings is 1. The molecule has 1 aromatic carbocycles. The molecule has 1 fully saturated rings. The van der Waals surface area contributed by atoms with E-state index in [1.165, 1.54) is 4.90 Å². The number of nitrogens with zero attached hydrogens (tertiary/aromatic N) is 2. The molecule has 1 aromatic rings. The average Bonchev–Trinajstić information content (AvgIpc) is 3.10. The van der Waals surface area contributed by atoms with Crippen LogP contribution in [0, 0.1) is 0 Å². The maximum Gasteiger partial charge on any atom is 0.410 e. The Morgan fingerprint density at radius 3 is 2.17 bits per heavy atom. The number of rotatable bonds is 2. The van der Waals surface area contributed by atoms with Crippen LogP contribution >= 0.6 is 0 Å². The fourth-order valence-electron chi connectivity index (χ4n) is 3.01. The van der Waals surface area contributed by atoms with E-state index in [1.54, 1.807) is 0 Å². The van der Waals surface area contributed by atoms with Gasteiger partial charge in [-0.25, -0.2) is 14.4 Å². The number of aliphatic carboxylic acids is 1. The summed E-state index contributed by atoms with van der Waals surface area (Å²) in [5.41, 5.74) is 2.10. The number of likely N-dealkylation sites (tertiary alicyclic amines) is 1. The van der Waals surface area contributed by atoms with Crippen LogP contribution in [0.1, 0.15) is 17.5 Å². The lowest BCUT2D eigenvalue weighted by molar-refractivity contribution is -0.141. The quantitative estimate of drug-likeness (QED) is 0.851. The molecule has 8 heteroatoms. The van der Waals surface area contributed by atoms with Crippen LogP contribution in [0.2, 0.25) is 0 Å². The van der Waals surface area contributed by atoms with Gasteiger partial charge in [0.15, 0.2) is 0 Å². The SMILES string of the molecule is O=C(O)C1CC(OC(=O)N2Cc3ccccc3C2)CN1C(=O)O. The monoisotopic (exact) mass is 320 g/mol. The van der Waals surface area contributed by atoms with E-state index in [1.807, 2.05) is 24.3 Å². The number of hydrogen-bond donors (Lipinski definition) is 2. The fraction of sp³-hybridized carbons (Fsp3) is 0.400. The highest BCUT2D eigenvalue weighted by molar-refractivity contribution is 5.80. The molecule has 0 radical (unpaired) electrons. The lowest BCUT2D eigenvalue weighted by atomic mass is 10.1. The van der Waals surface area contributed by atoms with E-state index in [0.29, 0.717) is 13.1 Å². The van der Waals surface area contributed by atoms with Crippen molar-refractivity contribution in [1.82, 2.24) is 9.80 Å². The predicted molar refractivity (Wildman–Crippen MR) is 76.7 cm³/mol. The zero-order valence-electron chi connectivity index (χ0n) is 12.2. The zero-order chi connectivity index (χ0) is 16.6. The highest BCUT2D eigenvalue weighted by Gasteiger charge is 2.42. The molecule has 2 aliphatic heterocycles. The topological polar surface area (TPSA) is 107 Å². The Morgan fingerprint density at radius 2 is 1.70 bits per heavy atom. The Kier molecular flexibility index (Phi) is 3.81. The van der Waals surface area contributed by atoms with E-state index < -0.39 is 30.3 Å². The Balaban J connectivity index is 1.61. The number of carbonyl (C=O) groups is 3. The molecule has 2 N–H and O–H groups in total. The predicted octanol–water partition coefficient (Wildman–Crippen LogP) is 1.34. The van der Waals surface area contributed by atoms with Crippen molar-refractivity contribution >= 4 is 18.2 Å². The largest absolute Gasteiger partial charge is 0.480 e. The molecule has 3 rings (SSSR count). The Bertz CT molecular complexity index is 614. The molecular weight excluding hydrogens is 304 g/mol. The Morgan fingerprint density at radius 1 is 1.09 bits per heavy atom. The third-order valence-electron chi connectivity index (χ3n) is 4.16. The minimum absolute atomic E-state index is 0.0336. The van der Waals surface area contributed by atoms with Gasteiger partial charge in [0.25, 0.3) is 0 Å². The first kappa shape index (κ1) is 15.1. The molecule has 0 saturated carbocycles. The van der Waals surface area contributed by atoms with Crippen LogP contribution < -0.4 is 0 Å². The summed E-state index contributed by atoms with van der Waals surface area (Å²) in [6.07, 6.45) is -2.66. The average molecular weight is 320 g/mol. The van der Waals surface area contributed by atoms with Gasteiger partial charge in [-0.3, -0.25) is 9.80 Å². The lowest BCUT2D eigenvalue weighted by Crippen LogP contribution is -2.39. The van der Waals surface area contributed by atoms with Crippen molar-refractivity contribution in [1.29, 1.82) is 0 Å². The molecule has 23 heavy (non-hydrogen) atoms. The number of carbonyl (C=O) groups excluding carboxylic acids is 1. The first-order valence-electron chi connectivity index (χ1n) is 7.20. The molecule has 2 aliphatic rings. The molecule has 8 nitrogen and oxygen atoms in total. The fourth-order valence-corrected chi connectivity index (χ4v) is 3.01. The summed E-state index contributed by atoms with van der Waals surface area (Å²) in [6.45, 7) is 0.748. The normalized spacial score (nSPS) is 22.8. The van der Waals surface area contributed by atoms with Crippen molar-refractivity contribution in [2.45, 2.75) is 31.7 Å². The highest BCUT2D eigenvalue weighted by Crippen LogP contribution is 2.25. The van der Waals surface area contributed by atoms with Crippen LogP contribution in [0.15, 0.2) is 24.3 Å². The third-order valence-corrected chi connectivity index (χ3v) is 4.16. The molecule has 0 aromatic heterocycles. The van der Waals surface area contributed by atoms with E-state index in [-0.39, 0.29) is 13.0 Å². The molecule has 0 bridgehead atoms. The minimum atomic E-state index is -1.33. The number of fused-ring (bicyclic) bond motifs is 1. The summed E-state index contributed by atoms with van der Waals surface area (Å²) in [5, 5.41) is 18.1.